The number of nitrogens with zero attached hydrogens (tertiary/aromatic N) is 1. The van der Waals surface area contributed by atoms with Crippen molar-refractivity contribution in [2.75, 3.05) is 20.3 Å². The number of nitrogens with one attached hydrogen (secondary N) is 2. The predicted octanol–water partition coefficient (Wildman–Crippen LogP) is 4.25. The Kier molecular flexibility index (Phi) is 9.88. The fourth-order valence-corrected chi connectivity index (χ4v) is 3.32. The molecule has 0 saturated heterocycles. The van der Waals surface area contributed by atoms with Crippen LogP contribution in [0.1, 0.15) is 40.4 Å². The van der Waals surface area contributed by atoms with E-state index in [9.17, 15) is 9.59 Å². The van der Waals surface area contributed by atoms with Crippen LogP contribution in [0.5, 0.6) is 17.2 Å². The first-order valence-electron chi connectivity index (χ1n) is 11.7. The summed E-state index contributed by atoms with van der Waals surface area (Å²) < 4.78 is 16.8. The molecule has 0 aromatic heterocycles. The molecular formula is C28H31N3O5. The van der Waals surface area contributed by atoms with Gasteiger partial charge in [0, 0.05) is 18.5 Å². The first-order chi connectivity index (χ1) is 17.5. The highest BCUT2D eigenvalue weighted by Crippen LogP contribution is 2.29. The first kappa shape index (κ1) is 26.3. The normalized spacial score (nSPS) is 10.6. The van der Waals surface area contributed by atoms with E-state index in [2.05, 4.69) is 21.9 Å². The van der Waals surface area contributed by atoms with Gasteiger partial charge < -0.3 is 19.5 Å². The second-order valence-corrected chi connectivity index (χ2v) is 7.94. The molecule has 3 aromatic rings. The number of hydrazone groups is 1. The molecule has 0 spiro atoms. The number of hydrogen-bond acceptors (Lipinski definition) is 6. The summed E-state index contributed by atoms with van der Waals surface area (Å²) in [6, 6.07) is 20.3. The molecule has 0 aliphatic rings. The average Bonchev–Trinajstić information content (AvgIpc) is 2.88. The molecule has 8 heteroatoms. The number of aryl methyl sites for hydroxylation is 1. The number of ether oxygens (including phenoxy) is 3. The summed E-state index contributed by atoms with van der Waals surface area (Å²) in [5.74, 6) is 1.32. The second kappa shape index (κ2) is 13.5. The lowest BCUT2D eigenvalue weighted by Gasteiger charge is -2.13. The monoisotopic (exact) mass is 489 g/mol. The van der Waals surface area contributed by atoms with Gasteiger partial charge in [-0.1, -0.05) is 29.8 Å². The van der Waals surface area contributed by atoms with Crippen molar-refractivity contribution < 1.29 is 23.8 Å². The first-order valence-corrected chi connectivity index (χ1v) is 11.7. The standard InChI is InChI=1S/C28H31N3O5/c1-4-35-26-17-21(8-13-25(26)36-19-22-7-5-6-20(2)16-22)18-30-31-27(32)14-15-29-28(33)23-9-11-24(34-3)12-10-23/h5-13,16-18H,4,14-15,19H2,1-3H3,(H,29,33)(H,31,32). The molecule has 0 heterocycles. The molecule has 0 atom stereocenters. The Morgan fingerprint density at radius 3 is 2.50 bits per heavy atom. The molecule has 0 bridgehead atoms. The maximum atomic E-state index is 12.1. The molecule has 0 radical (unpaired) electrons. The summed E-state index contributed by atoms with van der Waals surface area (Å²) in [7, 11) is 1.56. The van der Waals surface area contributed by atoms with E-state index in [0.717, 1.165) is 11.1 Å². The third-order valence-electron chi connectivity index (χ3n) is 5.14. The molecule has 3 rings (SSSR count). The lowest BCUT2D eigenvalue weighted by molar-refractivity contribution is -0.120. The van der Waals surface area contributed by atoms with Gasteiger partial charge in [-0.3, -0.25) is 9.59 Å². The SMILES string of the molecule is CCOc1cc(C=NNC(=O)CCNC(=O)c2ccc(OC)cc2)ccc1OCc1cccc(C)c1. The molecular weight excluding hydrogens is 458 g/mol. The van der Waals surface area contributed by atoms with Gasteiger partial charge in [0.2, 0.25) is 5.91 Å². The lowest BCUT2D eigenvalue weighted by atomic mass is 10.1. The quantitative estimate of drug-likeness (QED) is 0.293. The van der Waals surface area contributed by atoms with Crippen LogP contribution in [0.15, 0.2) is 71.8 Å². The van der Waals surface area contributed by atoms with Crippen LogP contribution in [-0.4, -0.2) is 38.3 Å². The van der Waals surface area contributed by atoms with Crippen molar-refractivity contribution in [3.8, 4) is 17.2 Å². The molecule has 2 amide bonds. The second-order valence-electron chi connectivity index (χ2n) is 7.94. The van der Waals surface area contributed by atoms with E-state index in [-0.39, 0.29) is 24.8 Å². The Hall–Kier alpha value is -4.33. The summed E-state index contributed by atoms with van der Waals surface area (Å²) in [5, 5.41) is 6.71. The van der Waals surface area contributed by atoms with E-state index in [4.69, 9.17) is 14.2 Å². The number of amides is 2. The van der Waals surface area contributed by atoms with Gasteiger partial charge in [0.15, 0.2) is 11.5 Å². The van der Waals surface area contributed by atoms with E-state index >= 15 is 0 Å². The van der Waals surface area contributed by atoms with Gasteiger partial charge in [-0.05, 0) is 67.4 Å². The molecule has 2 N–H and O–H groups in total. The van der Waals surface area contributed by atoms with Gasteiger partial charge in [-0.2, -0.15) is 5.10 Å². The topological polar surface area (TPSA) is 98.2 Å². The molecule has 3 aromatic carbocycles. The third kappa shape index (κ3) is 8.16. The van der Waals surface area contributed by atoms with Gasteiger partial charge >= 0.3 is 0 Å². The van der Waals surface area contributed by atoms with Crippen molar-refractivity contribution in [1.82, 2.24) is 10.7 Å². The molecule has 188 valence electrons. The summed E-state index contributed by atoms with van der Waals surface area (Å²) in [6.07, 6.45) is 1.62. The van der Waals surface area contributed by atoms with Crippen molar-refractivity contribution in [2.24, 2.45) is 5.10 Å². The fourth-order valence-electron chi connectivity index (χ4n) is 3.32. The minimum absolute atomic E-state index is 0.0924. The smallest absolute Gasteiger partial charge is 0.251 e. The fraction of sp³-hybridized carbons (Fsp3) is 0.250. The minimum atomic E-state index is -0.315. The van der Waals surface area contributed by atoms with Crippen molar-refractivity contribution in [3.63, 3.8) is 0 Å². The van der Waals surface area contributed by atoms with Crippen molar-refractivity contribution in [1.29, 1.82) is 0 Å². The lowest BCUT2D eigenvalue weighted by Crippen LogP contribution is -2.29. The minimum Gasteiger partial charge on any atom is -0.497 e. The van der Waals surface area contributed by atoms with E-state index in [0.29, 0.717) is 36.0 Å². The third-order valence-corrected chi connectivity index (χ3v) is 5.14. The zero-order chi connectivity index (χ0) is 25.8. The highest BCUT2D eigenvalue weighted by atomic mass is 16.5. The molecule has 36 heavy (non-hydrogen) atoms. The molecule has 0 saturated carbocycles. The van der Waals surface area contributed by atoms with Crippen LogP contribution in [0.25, 0.3) is 0 Å². The number of methoxy groups -OCH3 is 1. The Morgan fingerprint density at radius 1 is 0.972 bits per heavy atom. The van der Waals surface area contributed by atoms with Gasteiger partial charge in [0.05, 0.1) is 19.9 Å². The summed E-state index contributed by atoms with van der Waals surface area (Å²) in [6.45, 7) is 5.05. The van der Waals surface area contributed by atoms with Crippen LogP contribution in [0.3, 0.4) is 0 Å². The van der Waals surface area contributed by atoms with Crippen molar-refractivity contribution in [2.45, 2.75) is 26.9 Å². The van der Waals surface area contributed by atoms with E-state index in [1.807, 2.05) is 44.2 Å². The maximum absolute atomic E-state index is 12.1. The number of carbonyl (C=O) groups excluding carboxylic acids is 2. The number of carbonyl (C=O) groups is 2. The Bertz CT molecular complexity index is 1190. The van der Waals surface area contributed by atoms with E-state index in [1.54, 1.807) is 37.4 Å². The average molecular weight is 490 g/mol. The number of benzene rings is 3. The van der Waals surface area contributed by atoms with Crippen LogP contribution in [0, 0.1) is 6.92 Å². The highest BCUT2D eigenvalue weighted by molar-refractivity contribution is 5.94. The number of hydrogen-bond donors (Lipinski definition) is 2. The van der Waals surface area contributed by atoms with Crippen molar-refractivity contribution in [3.05, 3.63) is 89.0 Å². The maximum Gasteiger partial charge on any atom is 0.251 e. The molecule has 0 fully saturated rings. The van der Waals surface area contributed by atoms with Crippen LogP contribution in [0.4, 0.5) is 0 Å². The van der Waals surface area contributed by atoms with Crippen molar-refractivity contribution >= 4 is 18.0 Å². The Morgan fingerprint density at radius 2 is 1.78 bits per heavy atom. The number of rotatable bonds is 12. The van der Waals surface area contributed by atoms with Crippen LogP contribution < -0.4 is 25.0 Å². The zero-order valence-electron chi connectivity index (χ0n) is 20.7. The zero-order valence-corrected chi connectivity index (χ0v) is 20.7. The van der Waals surface area contributed by atoms with Crippen LogP contribution >= 0.6 is 0 Å². The predicted molar refractivity (Wildman–Crippen MR) is 139 cm³/mol. The van der Waals surface area contributed by atoms with Gasteiger partial charge in [-0.15, -0.1) is 0 Å². The Labute approximate surface area is 211 Å². The largest absolute Gasteiger partial charge is 0.497 e. The van der Waals surface area contributed by atoms with Crippen LogP contribution in [0.2, 0.25) is 0 Å². The molecule has 0 aliphatic carbocycles. The van der Waals surface area contributed by atoms with Crippen LogP contribution in [-0.2, 0) is 11.4 Å². The highest BCUT2D eigenvalue weighted by Gasteiger charge is 2.08. The molecule has 0 aliphatic heterocycles. The summed E-state index contributed by atoms with van der Waals surface area (Å²) in [5.41, 5.74) is 5.95. The molecule has 8 nitrogen and oxygen atoms in total. The van der Waals surface area contributed by atoms with E-state index in [1.165, 1.54) is 11.8 Å². The summed E-state index contributed by atoms with van der Waals surface area (Å²) in [4.78, 5) is 24.2. The Balaban J connectivity index is 1.47. The summed E-state index contributed by atoms with van der Waals surface area (Å²) >= 11 is 0. The molecule has 0 unspecified atom stereocenters. The van der Waals surface area contributed by atoms with Gasteiger partial charge in [0.1, 0.15) is 12.4 Å². The van der Waals surface area contributed by atoms with Gasteiger partial charge in [-0.25, -0.2) is 5.43 Å². The van der Waals surface area contributed by atoms with Gasteiger partial charge in [0.25, 0.3) is 5.91 Å². The van der Waals surface area contributed by atoms with E-state index < -0.39 is 0 Å².